The molecule has 1 saturated heterocycles. The first-order chi connectivity index (χ1) is 8.97. The summed E-state index contributed by atoms with van der Waals surface area (Å²) >= 11 is 0. The van der Waals surface area contributed by atoms with Gasteiger partial charge in [0.05, 0.1) is 6.20 Å². The highest BCUT2D eigenvalue weighted by molar-refractivity contribution is 5.92. The first-order valence-electron chi connectivity index (χ1n) is 5.91. The van der Waals surface area contributed by atoms with Gasteiger partial charge in [0.25, 0.3) is 5.91 Å². The molecule has 106 valence electrons. The van der Waals surface area contributed by atoms with Crippen LogP contribution in [0.4, 0.5) is 13.2 Å². The van der Waals surface area contributed by atoms with Gasteiger partial charge in [-0.15, -0.1) is 0 Å². The topological polar surface area (TPSA) is 73.9 Å². The standard InChI is InChI=1S/C10H14F3N5O/c11-10(12,13)6-18(7-1-3-14-4-2-7)9(19)8-5-15-17-16-8/h5,7,14H,1-4,6H2,(H,15,16,17). The van der Waals surface area contributed by atoms with Crippen LogP contribution < -0.4 is 5.32 Å². The summed E-state index contributed by atoms with van der Waals surface area (Å²) in [4.78, 5) is 12.9. The van der Waals surface area contributed by atoms with E-state index < -0.39 is 24.7 Å². The van der Waals surface area contributed by atoms with Crippen molar-refractivity contribution in [1.29, 1.82) is 0 Å². The summed E-state index contributed by atoms with van der Waals surface area (Å²) in [6, 6.07) is -0.424. The number of rotatable bonds is 3. The average Bonchev–Trinajstić information content (AvgIpc) is 2.89. The number of aromatic nitrogens is 3. The van der Waals surface area contributed by atoms with Crippen LogP contribution in [0.3, 0.4) is 0 Å². The number of carbonyl (C=O) groups is 1. The summed E-state index contributed by atoms with van der Waals surface area (Å²) in [6.07, 6.45) is -2.30. The molecule has 1 amide bonds. The zero-order chi connectivity index (χ0) is 13.9. The number of hydrogen-bond acceptors (Lipinski definition) is 4. The Labute approximate surface area is 107 Å². The van der Waals surface area contributed by atoms with Crippen LogP contribution in [0, 0.1) is 0 Å². The predicted octanol–water partition coefficient (Wildman–Crippen LogP) is 0.561. The van der Waals surface area contributed by atoms with E-state index in [0.717, 1.165) is 11.1 Å². The van der Waals surface area contributed by atoms with E-state index in [1.807, 2.05) is 0 Å². The minimum Gasteiger partial charge on any atom is -0.325 e. The Morgan fingerprint density at radius 3 is 2.63 bits per heavy atom. The highest BCUT2D eigenvalue weighted by Gasteiger charge is 2.37. The van der Waals surface area contributed by atoms with Gasteiger partial charge in [0.1, 0.15) is 6.54 Å². The van der Waals surface area contributed by atoms with Gasteiger partial charge in [-0.3, -0.25) is 4.79 Å². The molecular weight excluding hydrogens is 263 g/mol. The maximum atomic E-state index is 12.6. The molecule has 0 aromatic carbocycles. The number of nitrogens with one attached hydrogen (secondary N) is 2. The third-order valence-corrected chi connectivity index (χ3v) is 2.99. The van der Waals surface area contributed by atoms with Crippen molar-refractivity contribution in [3.05, 3.63) is 11.9 Å². The van der Waals surface area contributed by atoms with Crippen LogP contribution in [-0.4, -0.2) is 58.1 Å². The Morgan fingerprint density at radius 2 is 2.11 bits per heavy atom. The van der Waals surface area contributed by atoms with Gasteiger partial charge in [0.2, 0.25) is 0 Å². The van der Waals surface area contributed by atoms with E-state index in [9.17, 15) is 18.0 Å². The normalized spacial score (nSPS) is 17.4. The van der Waals surface area contributed by atoms with E-state index in [1.165, 1.54) is 0 Å². The second kappa shape index (κ2) is 5.55. The highest BCUT2D eigenvalue weighted by atomic mass is 19.4. The number of amides is 1. The minimum absolute atomic E-state index is 0.0946. The Kier molecular flexibility index (Phi) is 4.03. The molecule has 1 aliphatic rings. The van der Waals surface area contributed by atoms with Crippen LogP contribution in [0.1, 0.15) is 23.3 Å². The zero-order valence-corrected chi connectivity index (χ0v) is 10.1. The third-order valence-electron chi connectivity index (χ3n) is 2.99. The maximum absolute atomic E-state index is 12.6. The molecule has 19 heavy (non-hydrogen) atoms. The molecule has 2 heterocycles. The molecule has 1 aromatic rings. The second-order valence-corrected chi connectivity index (χ2v) is 4.38. The van der Waals surface area contributed by atoms with Crippen molar-refractivity contribution in [3.63, 3.8) is 0 Å². The van der Waals surface area contributed by atoms with Crippen LogP contribution in [0.5, 0.6) is 0 Å². The molecule has 0 radical (unpaired) electrons. The van der Waals surface area contributed by atoms with Gasteiger partial charge in [-0.1, -0.05) is 0 Å². The summed E-state index contributed by atoms with van der Waals surface area (Å²) in [5.74, 6) is -0.738. The molecule has 0 atom stereocenters. The molecule has 9 heteroatoms. The molecule has 1 fully saturated rings. The zero-order valence-electron chi connectivity index (χ0n) is 10.1. The van der Waals surface area contributed by atoms with Gasteiger partial charge in [-0.2, -0.15) is 28.6 Å². The van der Waals surface area contributed by atoms with Crippen LogP contribution in [0.25, 0.3) is 0 Å². The lowest BCUT2D eigenvalue weighted by atomic mass is 10.0. The lowest BCUT2D eigenvalue weighted by molar-refractivity contribution is -0.145. The number of halogens is 3. The fraction of sp³-hybridized carbons (Fsp3) is 0.700. The molecule has 0 aliphatic carbocycles. The highest BCUT2D eigenvalue weighted by Crippen LogP contribution is 2.22. The van der Waals surface area contributed by atoms with Crippen molar-refractivity contribution in [2.24, 2.45) is 0 Å². The molecule has 0 unspecified atom stereocenters. The molecule has 2 rings (SSSR count). The summed E-state index contributed by atoms with van der Waals surface area (Å²) < 4.78 is 37.8. The summed E-state index contributed by atoms with van der Waals surface area (Å²) in [5, 5.41) is 12.3. The van der Waals surface area contributed by atoms with Gasteiger partial charge in [0.15, 0.2) is 5.69 Å². The number of piperidine rings is 1. The maximum Gasteiger partial charge on any atom is 0.406 e. The minimum atomic E-state index is -4.43. The van der Waals surface area contributed by atoms with Crippen molar-refractivity contribution >= 4 is 5.91 Å². The molecule has 0 spiro atoms. The average molecular weight is 277 g/mol. The largest absolute Gasteiger partial charge is 0.406 e. The Bertz CT molecular complexity index is 413. The lowest BCUT2D eigenvalue weighted by Crippen LogP contribution is -2.49. The SMILES string of the molecule is O=C(c1cn[nH]n1)N(CC(F)(F)F)C1CCNCC1. The molecule has 1 aromatic heterocycles. The first-order valence-corrected chi connectivity index (χ1v) is 5.91. The van der Waals surface area contributed by atoms with Crippen molar-refractivity contribution in [2.45, 2.75) is 25.1 Å². The van der Waals surface area contributed by atoms with Gasteiger partial charge >= 0.3 is 6.18 Å². The van der Waals surface area contributed by atoms with Crippen LogP contribution in [0.2, 0.25) is 0 Å². The van der Waals surface area contributed by atoms with E-state index in [-0.39, 0.29) is 5.69 Å². The number of aromatic amines is 1. The number of carbonyl (C=O) groups excluding carboxylic acids is 1. The van der Waals surface area contributed by atoms with E-state index in [0.29, 0.717) is 25.9 Å². The molecule has 2 N–H and O–H groups in total. The molecular formula is C10H14F3N5O. The van der Waals surface area contributed by atoms with Crippen molar-refractivity contribution in [2.75, 3.05) is 19.6 Å². The van der Waals surface area contributed by atoms with E-state index in [1.54, 1.807) is 0 Å². The smallest absolute Gasteiger partial charge is 0.325 e. The van der Waals surface area contributed by atoms with E-state index in [4.69, 9.17) is 0 Å². The predicted molar refractivity (Wildman–Crippen MR) is 59.4 cm³/mol. The van der Waals surface area contributed by atoms with Gasteiger partial charge in [-0.05, 0) is 25.9 Å². The van der Waals surface area contributed by atoms with Crippen molar-refractivity contribution < 1.29 is 18.0 Å². The van der Waals surface area contributed by atoms with Gasteiger partial charge in [-0.25, -0.2) is 0 Å². The molecule has 0 bridgehead atoms. The number of alkyl halides is 3. The molecule has 1 aliphatic heterocycles. The number of hydrogen-bond donors (Lipinski definition) is 2. The number of nitrogens with zero attached hydrogens (tertiary/aromatic N) is 3. The van der Waals surface area contributed by atoms with Crippen LogP contribution in [-0.2, 0) is 0 Å². The fourth-order valence-electron chi connectivity index (χ4n) is 2.13. The Balaban J connectivity index is 2.15. The van der Waals surface area contributed by atoms with Crippen molar-refractivity contribution in [1.82, 2.24) is 25.6 Å². The monoisotopic (exact) mass is 277 g/mol. The third kappa shape index (κ3) is 3.66. The second-order valence-electron chi connectivity index (χ2n) is 4.38. The molecule has 6 nitrogen and oxygen atoms in total. The van der Waals surface area contributed by atoms with Gasteiger partial charge in [0, 0.05) is 6.04 Å². The quantitative estimate of drug-likeness (QED) is 0.846. The summed E-state index contributed by atoms with van der Waals surface area (Å²) in [5.41, 5.74) is -0.0946. The van der Waals surface area contributed by atoms with Crippen molar-refractivity contribution in [3.8, 4) is 0 Å². The summed E-state index contributed by atoms with van der Waals surface area (Å²) in [7, 11) is 0. The van der Waals surface area contributed by atoms with E-state index >= 15 is 0 Å². The Hall–Kier alpha value is -1.64. The van der Waals surface area contributed by atoms with E-state index in [2.05, 4.69) is 20.7 Å². The van der Waals surface area contributed by atoms with Crippen LogP contribution >= 0.6 is 0 Å². The first kappa shape index (κ1) is 13.8. The summed E-state index contributed by atoms with van der Waals surface area (Å²) in [6.45, 7) is -0.0560. The lowest BCUT2D eigenvalue weighted by Gasteiger charge is -2.34. The van der Waals surface area contributed by atoms with Crippen LogP contribution in [0.15, 0.2) is 6.20 Å². The fourth-order valence-corrected chi connectivity index (χ4v) is 2.13. The van der Waals surface area contributed by atoms with Gasteiger partial charge < -0.3 is 10.2 Å². The number of H-pyrrole nitrogens is 1. The Morgan fingerprint density at radius 1 is 1.42 bits per heavy atom. The molecule has 0 saturated carbocycles.